The van der Waals surface area contributed by atoms with E-state index >= 15 is 0 Å². The molecular formula is C5H6Cl2. The van der Waals surface area contributed by atoms with E-state index < -0.39 is 0 Å². The SMILES string of the molecule is ClC1(Cl)CC12CC2. The highest BCUT2D eigenvalue weighted by atomic mass is 35.5. The Morgan fingerprint density at radius 1 is 1.14 bits per heavy atom. The van der Waals surface area contributed by atoms with Gasteiger partial charge in [-0.1, -0.05) is 0 Å². The van der Waals surface area contributed by atoms with Crippen LogP contribution in [0.3, 0.4) is 0 Å². The van der Waals surface area contributed by atoms with Crippen LogP contribution in [0.15, 0.2) is 0 Å². The predicted molar refractivity (Wildman–Crippen MR) is 30.7 cm³/mol. The quantitative estimate of drug-likeness (QED) is 0.449. The second-order valence-electron chi connectivity index (χ2n) is 2.66. The molecule has 0 aromatic rings. The van der Waals surface area contributed by atoms with Gasteiger partial charge in [-0.15, -0.1) is 23.2 Å². The molecule has 0 bridgehead atoms. The predicted octanol–water partition coefficient (Wildman–Crippen LogP) is 2.34. The van der Waals surface area contributed by atoms with Gasteiger partial charge in [0.25, 0.3) is 0 Å². The van der Waals surface area contributed by atoms with Crippen LogP contribution in [0.2, 0.25) is 0 Å². The molecule has 2 aliphatic rings. The molecule has 2 saturated carbocycles. The fourth-order valence-corrected chi connectivity index (χ4v) is 1.96. The van der Waals surface area contributed by atoms with Crippen molar-refractivity contribution in [2.75, 3.05) is 0 Å². The van der Waals surface area contributed by atoms with Crippen molar-refractivity contribution in [3.63, 3.8) is 0 Å². The molecule has 0 N–H and O–H groups in total. The van der Waals surface area contributed by atoms with E-state index in [1.165, 1.54) is 12.8 Å². The summed E-state index contributed by atoms with van der Waals surface area (Å²) in [6.45, 7) is 0. The first-order valence-corrected chi connectivity index (χ1v) is 3.30. The lowest BCUT2D eigenvalue weighted by atomic mass is 10.4. The molecule has 0 atom stereocenters. The Morgan fingerprint density at radius 3 is 1.57 bits per heavy atom. The van der Waals surface area contributed by atoms with Gasteiger partial charge >= 0.3 is 0 Å². The third kappa shape index (κ3) is 0.400. The average Bonchev–Trinajstić information content (AvgIpc) is 2.22. The summed E-state index contributed by atoms with van der Waals surface area (Å²) >= 11 is 11.5. The van der Waals surface area contributed by atoms with Crippen molar-refractivity contribution in [3.05, 3.63) is 0 Å². The number of rotatable bonds is 0. The minimum Gasteiger partial charge on any atom is -0.101 e. The maximum atomic E-state index is 5.76. The first-order valence-electron chi connectivity index (χ1n) is 2.54. The Bertz CT molecular complexity index is 111. The summed E-state index contributed by atoms with van der Waals surface area (Å²) in [7, 11) is 0. The molecule has 0 radical (unpaired) electrons. The zero-order valence-electron chi connectivity index (χ0n) is 3.88. The van der Waals surface area contributed by atoms with Crippen LogP contribution in [-0.4, -0.2) is 4.33 Å². The molecule has 2 heteroatoms. The molecule has 0 aromatic carbocycles. The van der Waals surface area contributed by atoms with Gasteiger partial charge < -0.3 is 0 Å². The van der Waals surface area contributed by atoms with Crippen LogP contribution < -0.4 is 0 Å². The zero-order valence-corrected chi connectivity index (χ0v) is 5.39. The van der Waals surface area contributed by atoms with Gasteiger partial charge in [-0.3, -0.25) is 0 Å². The Kier molecular flexibility index (Phi) is 0.538. The smallest absolute Gasteiger partial charge is 0.101 e. The standard InChI is InChI=1S/C5H6Cl2/c6-5(7)3-4(5)1-2-4/h1-3H2. The largest absolute Gasteiger partial charge is 0.124 e. The molecule has 0 heterocycles. The Labute approximate surface area is 52.8 Å². The van der Waals surface area contributed by atoms with Crippen LogP contribution in [0.1, 0.15) is 19.3 Å². The summed E-state index contributed by atoms with van der Waals surface area (Å²) in [5.74, 6) is 0. The summed E-state index contributed by atoms with van der Waals surface area (Å²) in [5.41, 5.74) is 0.427. The fourth-order valence-electron chi connectivity index (χ4n) is 1.07. The summed E-state index contributed by atoms with van der Waals surface area (Å²) in [5, 5.41) is 0. The van der Waals surface area contributed by atoms with Gasteiger partial charge in [-0.05, 0) is 19.3 Å². The average molecular weight is 137 g/mol. The van der Waals surface area contributed by atoms with Crippen molar-refractivity contribution >= 4 is 23.2 Å². The molecule has 2 aliphatic carbocycles. The third-order valence-electron chi connectivity index (χ3n) is 2.06. The molecule has 0 aromatic heterocycles. The molecule has 0 amide bonds. The number of hydrogen-bond acceptors (Lipinski definition) is 0. The lowest BCUT2D eigenvalue weighted by Gasteiger charge is -1.87. The maximum absolute atomic E-state index is 5.76. The molecule has 2 fully saturated rings. The highest BCUT2D eigenvalue weighted by molar-refractivity contribution is 6.51. The summed E-state index contributed by atoms with van der Waals surface area (Å²) in [6, 6.07) is 0. The fraction of sp³-hybridized carbons (Fsp3) is 1.00. The second kappa shape index (κ2) is 0.844. The van der Waals surface area contributed by atoms with Gasteiger partial charge in [-0.2, -0.15) is 0 Å². The molecule has 1 spiro atoms. The number of halogens is 2. The molecule has 0 aliphatic heterocycles. The van der Waals surface area contributed by atoms with Crippen molar-refractivity contribution in [3.8, 4) is 0 Å². The second-order valence-corrected chi connectivity index (χ2v) is 4.15. The van der Waals surface area contributed by atoms with E-state index in [0.29, 0.717) is 5.41 Å². The highest BCUT2D eigenvalue weighted by Gasteiger charge is 2.73. The number of alkyl halides is 2. The molecule has 40 valence electrons. The first-order chi connectivity index (χ1) is 3.16. The normalized spacial score (nSPS) is 38.6. The Balaban J connectivity index is 2.22. The first kappa shape index (κ1) is 4.46. The van der Waals surface area contributed by atoms with Gasteiger partial charge in [-0.25, -0.2) is 0 Å². The van der Waals surface area contributed by atoms with Crippen LogP contribution in [0.25, 0.3) is 0 Å². The van der Waals surface area contributed by atoms with Crippen LogP contribution in [-0.2, 0) is 0 Å². The van der Waals surface area contributed by atoms with Gasteiger partial charge in [0.1, 0.15) is 4.33 Å². The molecule has 0 unspecified atom stereocenters. The summed E-state index contributed by atoms with van der Waals surface area (Å²) < 4.78 is -0.299. The van der Waals surface area contributed by atoms with E-state index in [9.17, 15) is 0 Å². The van der Waals surface area contributed by atoms with Crippen LogP contribution in [0, 0.1) is 5.41 Å². The number of hydrogen-bond donors (Lipinski definition) is 0. The summed E-state index contributed by atoms with van der Waals surface area (Å²) in [4.78, 5) is 0. The van der Waals surface area contributed by atoms with Crippen LogP contribution in [0.4, 0.5) is 0 Å². The van der Waals surface area contributed by atoms with Crippen LogP contribution >= 0.6 is 23.2 Å². The van der Waals surface area contributed by atoms with E-state index in [-0.39, 0.29) is 4.33 Å². The van der Waals surface area contributed by atoms with E-state index in [2.05, 4.69) is 0 Å². The van der Waals surface area contributed by atoms with E-state index in [1.807, 2.05) is 0 Å². The Hall–Kier alpha value is 0.580. The van der Waals surface area contributed by atoms with Crippen molar-refractivity contribution in [2.24, 2.45) is 5.41 Å². The highest BCUT2D eigenvalue weighted by Crippen LogP contribution is 2.78. The van der Waals surface area contributed by atoms with E-state index in [0.717, 1.165) is 6.42 Å². The van der Waals surface area contributed by atoms with Crippen molar-refractivity contribution in [2.45, 2.75) is 23.6 Å². The molecule has 0 saturated heterocycles. The van der Waals surface area contributed by atoms with Gasteiger partial charge in [0.05, 0.1) is 0 Å². The van der Waals surface area contributed by atoms with E-state index in [4.69, 9.17) is 23.2 Å². The Morgan fingerprint density at radius 2 is 1.57 bits per heavy atom. The molecule has 2 rings (SSSR count). The molecule has 0 nitrogen and oxygen atoms in total. The monoisotopic (exact) mass is 136 g/mol. The minimum absolute atomic E-state index is 0.299. The van der Waals surface area contributed by atoms with Crippen molar-refractivity contribution in [1.82, 2.24) is 0 Å². The van der Waals surface area contributed by atoms with Crippen LogP contribution in [0.5, 0.6) is 0 Å². The molecular weight excluding hydrogens is 131 g/mol. The van der Waals surface area contributed by atoms with Crippen molar-refractivity contribution < 1.29 is 0 Å². The maximum Gasteiger partial charge on any atom is 0.124 e. The minimum atomic E-state index is -0.299. The van der Waals surface area contributed by atoms with E-state index in [1.54, 1.807) is 0 Å². The van der Waals surface area contributed by atoms with Gasteiger partial charge in [0.15, 0.2) is 0 Å². The van der Waals surface area contributed by atoms with Gasteiger partial charge in [0.2, 0.25) is 0 Å². The van der Waals surface area contributed by atoms with Gasteiger partial charge in [0, 0.05) is 5.41 Å². The topological polar surface area (TPSA) is 0 Å². The van der Waals surface area contributed by atoms with Crippen molar-refractivity contribution in [1.29, 1.82) is 0 Å². The lowest BCUT2D eigenvalue weighted by Crippen LogP contribution is -1.85. The third-order valence-corrected chi connectivity index (χ3v) is 3.13. The lowest BCUT2D eigenvalue weighted by molar-refractivity contribution is 0.879. The summed E-state index contributed by atoms with van der Waals surface area (Å²) in [6.07, 6.45) is 3.57. The zero-order chi connectivity index (χ0) is 5.12. The molecule has 7 heavy (non-hydrogen) atoms.